The topological polar surface area (TPSA) is 140 Å². The first kappa shape index (κ1) is 16.8. The van der Waals surface area contributed by atoms with Crippen molar-refractivity contribution in [3.8, 4) is 11.1 Å². The molecule has 0 amide bonds. The van der Waals surface area contributed by atoms with Gasteiger partial charge in [-0.2, -0.15) is 0 Å². The van der Waals surface area contributed by atoms with Crippen molar-refractivity contribution in [2.75, 3.05) is 5.32 Å². The third kappa shape index (κ3) is 4.24. The fourth-order valence-corrected chi connectivity index (χ4v) is 4.02. The van der Waals surface area contributed by atoms with E-state index in [2.05, 4.69) is 10.3 Å². The Kier molecular flexibility index (Phi) is 4.82. The number of aromatic nitrogens is 1. The average molecular weight is 344 g/mol. The maximum absolute atomic E-state index is 11.3. The molecule has 8 nitrogen and oxygen atoms in total. The van der Waals surface area contributed by atoms with Gasteiger partial charge in [0.25, 0.3) is 0 Å². The molecule has 0 aliphatic heterocycles. The first-order valence-electron chi connectivity index (χ1n) is 6.05. The lowest BCUT2D eigenvalue weighted by Crippen LogP contribution is -2.20. The number of nitrogens with one attached hydrogen (secondary N) is 1. The van der Waals surface area contributed by atoms with Gasteiger partial charge >= 0.3 is 15.2 Å². The van der Waals surface area contributed by atoms with Gasteiger partial charge in [-0.3, -0.25) is 14.1 Å². The van der Waals surface area contributed by atoms with Crippen LogP contribution in [0.4, 0.5) is 5.69 Å². The molecule has 0 unspecified atom stereocenters. The van der Waals surface area contributed by atoms with E-state index in [1.807, 2.05) is 30.3 Å². The lowest BCUT2D eigenvalue weighted by atomic mass is 10.1. The quantitative estimate of drug-likeness (QED) is 0.517. The van der Waals surface area contributed by atoms with Crippen molar-refractivity contribution in [3.05, 3.63) is 48.8 Å². The van der Waals surface area contributed by atoms with Crippen LogP contribution in [0.15, 0.2) is 48.8 Å². The largest absolute Gasteiger partial charge is 0.360 e. The fourth-order valence-electron chi connectivity index (χ4n) is 1.82. The van der Waals surface area contributed by atoms with Gasteiger partial charge < -0.3 is 24.9 Å². The SMILES string of the molecule is O=P(O)(O)C(Nc1cncc(-c2ccccc2)c1)P(=O)(O)O. The van der Waals surface area contributed by atoms with Crippen LogP contribution in [0.25, 0.3) is 11.1 Å². The minimum atomic E-state index is -5.05. The Morgan fingerprint density at radius 3 is 2.05 bits per heavy atom. The summed E-state index contributed by atoms with van der Waals surface area (Å²) in [6, 6.07) is 10.6. The van der Waals surface area contributed by atoms with Gasteiger partial charge in [0.05, 0.1) is 11.9 Å². The molecule has 10 heteroatoms. The second kappa shape index (κ2) is 6.30. The summed E-state index contributed by atoms with van der Waals surface area (Å²) in [5.74, 6) is 0. The molecule has 5 N–H and O–H groups in total. The Morgan fingerprint density at radius 1 is 0.909 bits per heavy atom. The fraction of sp³-hybridized carbons (Fsp3) is 0.0833. The van der Waals surface area contributed by atoms with E-state index in [4.69, 9.17) is 19.6 Å². The van der Waals surface area contributed by atoms with Crippen LogP contribution in [-0.4, -0.2) is 30.1 Å². The van der Waals surface area contributed by atoms with Crippen molar-refractivity contribution in [2.24, 2.45) is 0 Å². The van der Waals surface area contributed by atoms with Crippen LogP contribution < -0.4 is 5.32 Å². The van der Waals surface area contributed by atoms with Crippen molar-refractivity contribution in [2.45, 2.75) is 5.52 Å². The Labute approximate surface area is 126 Å². The minimum Gasteiger partial charge on any atom is -0.360 e. The Bertz CT molecular complexity index is 720. The van der Waals surface area contributed by atoms with E-state index in [0.29, 0.717) is 5.56 Å². The highest BCUT2D eigenvalue weighted by Gasteiger charge is 2.43. The summed E-state index contributed by atoms with van der Waals surface area (Å²) < 4.78 is 22.5. The predicted molar refractivity (Wildman–Crippen MR) is 81.2 cm³/mol. The van der Waals surface area contributed by atoms with Gasteiger partial charge in [0.1, 0.15) is 0 Å². The van der Waals surface area contributed by atoms with Crippen molar-refractivity contribution < 1.29 is 28.7 Å². The number of hydrogen-bond acceptors (Lipinski definition) is 4. The summed E-state index contributed by atoms with van der Waals surface area (Å²) in [6.07, 6.45) is 2.76. The number of rotatable bonds is 5. The van der Waals surface area contributed by atoms with Gasteiger partial charge in [0.2, 0.25) is 5.52 Å². The molecular formula is C12H14N2O6P2. The Hall–Kier alpha value is -1.53. The second-order valence-electron chi connectivity index (χ2n) is 4.52. The van der Waals surface area contributed by atoms with Crippen LogP contribution in [-0.2, 0) is 9.13 Å². The number of hydrogen-bond donors (Lipinski definition) is 5. The monoisotopic (exact) mass is 344 g/mol. The molecule has 0 bridgehead atoms. The molecule has 1 aromatic carbocycles. The van der Waals surface area contributed by atoms with Crippen molar-refractivity contribution in [1.82, 2.24) is 4.98 Å². The summed E-state index contributed by atoms with van der Waals surface area (Å²) in [6.45, 7) is 0. The highest BCUT2D eigenvalue weighted by Crippen LogP contribution is 2.59. The maximum atomic E-state index is 11.3. The van der Waals surface area contributed by atoms with Crippen molar-refractivity contribution >= 4 is 20.9 Å². The first-order valence-corrected chi connectivity index (χ1v) is 9.42. The molecule has 1 heterocycles. The standard InChI is InChI=1S/C12H14N2O6P2/c15-21(16,17)12(22(18,19)20)14-11-6-10(7-13-8-11)9-4-2-1-3-5-9/h1-8,12,14H,(H2,15,16,17)(H2,18,19,20). The molecule has 22 heavy (non-hydrogen) atoms. The molecular weight excluding hydrogens is 330 g/mol. The molecule has 1 aromatic heterocycles. The van der Waals surface area contributed by atoms with Gasteiger partial charge in [0, 0.05) is 11.8 Å². The normalized spacial score (nSPS) is 12.4. The molecule has 0 aliphatic rings. The summed E-state index contributed by atoms with van der Waals surface area (Å²) in [5.41, 5.74) is -0.769. The van der Waals surface area contributed by atoms with E-state index in [1.54, 1.807) is 0 Å². The number of pyridine rings is 1. The van der Waals surface area contributed by atoms with E-state index in [9.17, 15) is 9.13 Å². The summed E-state index contributed by atoms with van der Waals surface area (Å²) in [7, 11) is -10.1. The van der Waals surface area contributed by atoms with Crippen LogP contribution in [0.1, 0.15) is 0 Å². The van der Waals surface area contributed by atoms with Crippen LogP contribution in [0.3, 0.4) is 0 Å². The lowest BCUT2D eigenvalue weighted by Gasteiger charge is -2.21. The zero-order valence-corrected chi connectivity index (χ0v) is 12.9. The Balaban J connectivity index is 2.34. The third-order valence-corrected chi connectivity index (χ3v) is 6.12. The van der Waals surface area contributed by atoms with Crippen LogP contribution in [0.2, 0.25) is 0 Å². The van der Waals surface area contributed by atoms with E-state index in [0.717, 1.165) is 5.56 Å². The van der Waals surface area contributed by atoms with E-state index < -0.39 is 20.7 Å². The van der Waals surface area contributed by atoms with Crippen LogP contribution in [0.5, 0.6) is 0 Å². The molecule has 0 spiro atoms. The summed E-state index contributed by atoms with van der Waals surface area (Å²) in [4.78, 5) is 40.3. The molecule has 0 atom stereocenters. The number of anilines is 1. The third-order valence-electron chi connectivity index (χ3n) is 2.78. The van der Waals surface area contributed by atoms with Gasteiger partial charge in [-0.1, -0.05) is 30.3 Å². The lowest BCUT2D eigenvalue weighted by molar-refractivity contribution is 0.343. The molecule has 0 saturated heterocycles. The van der Waals surface area contributed by atoms with Gasteiger partial charge in [-0.15, -0.1) is 0 Å². The van der Waals surface area contributed by atoms with E-state index in [-0.39, 0.29) is 5.69 Å². The summed E-state index contributed by atoms with van der Waals surface area (Å²) >= 11 is 0. The zero-order chi connectivity index (χ0) is 16.4. The number of nitrogens with zero attached hydrogens (tertiary/aromatic N) is 1. The van der Waals surface area contributed by atoms with Gasteiger partial charge in [-0.25, -0.2) is 0 Å². The molecule has 0 radical (unpaired) electrons. The predicted octanol–water partition coefficient (Wildman–Crippen LogP) is 1.80. The molecule has 0 aliphatic carbocycles. The molecule has 0 fully saturated rings. The van der Waals surface area contributed by atoms with Crippen molar-refractivity contribution in [3.63, 3.8) is 0 Å². The smallest absolute Gasteiger partial charge is 0.360 e. The maximum Gasteiger partial charge on any atom is 0.360 e. The zero-order valence-electron chi connectivity index (χ0n) is 11.1. The second-order valence-corrected chi connectivity index (χ2v) is 8.32. The molecule has 118 valence electrons. The van der Waals surface area contributed by atoms with E-state index >= 15 is 0 Å². The average Bonchev–Trinajstić information content (AvgIpc) is 2.44. The van der Waals surface area contributed by atoms with Crippen LogP contribution in [0, 0.1) is 0 Å². The highest BCUT2D eigenvalue weighted by molar-refractivity contribution is 7.71. The molecule has 2 aromatic rings. The molecule has 2 rings (SSSR count). The highest BCUT2D eigenvalue weighted by atomic mass is 31.2. The van der Waals surface area contributed by atoms with Crippen LogP contribution >= 0.6 is 15.2 Å². The van der Waals surface area contributed by atoms with Crippen molar-refractivity contribution in [1.29, 1.82) is 0 Å². The van der Waals surface area contributed by atoms with Gasteiger partial charge in [-0.05, 0) is 11.6 Å². The van der Waals surface area contributed by atoms with Gasteiger partial charge in [0.15, 0.2) is 0 Å². The minimum absolute atomic E-state index is 0.0954. The Morgan fingerprint density at radius 2 is 1.50 bits per heavy atom. The van der Waals surface area contributed by atoms with E-state index in [1.165, 1.54) is 18.5 Å². The summed E-state index contributed by atoms with van der Waals surface area (Å²) in [5, 5.41) is 2.18. The first-order chi connectivity index (χ1) is 10.2. The number of benzene rings is 1. The molecule has 0 saturated carbocycles.